The average molecular weight is 889 g/mol. The molecule has 0 spiro atoms. The zero-order valence-corrected chi connectivity index (χ0v) is 40.5. The fraction of sp³-hybridized carbons (Fsp3) is 0.920. The maximum absolute atomic E-state index is 12.7. The highest BCUT2D eigenvalue weighted by molar-refractivity contribution is 7.47. The summed E-state index contributed by atoms with van der Waals surface area (Å²) in [6, 6.07) is 0. The van der Waals surface area contributed by atoms with Crippen LogP contribution in [0.5, 0.6) is 0 Å². The molecular weight excluding hydrogens is 792 g/mol. The largest absolute Gasteiger partial charge is 0.472 e. The number of hydrogen-bond donors (Lipinski definition) is 3. The van der Waals surface area contributed by atoms with Crippen molar-refractivity contribution in [1.82, 2.24) is 0 Å². The first-order valence-corrected chi connectivity index (χ1v) is 27.1. The first-order chi connectivity index (χ1) is 29.7. The predicted octanol–water partition coefficient (Wildman–Crippen LogP) is 14.3. The lowest BCUT2D eigenvalue weighted by molar-refractivity contribution is -0.161. The molecule has 11 heteroatoms. The Morgan fingerprint density at radius 1 is 0.475 bits per heavy atom. The third-order valence-electron chi connectivity index (χ3n) is 11.4. The summed E-state index contributed by atoms with van der Waals surface area (Å²) in [6.45, 7) is 2.43. The summed E-state index contributed by atoms with van der Waals surface area (Å²) in [6.07, 6.45) is 47.5. The second-order valence-electron chi connectivity index (χ2n) is 17.6. The Kier molecular flexibility index (Phi) is 45.7. The van der Waals surface area contributed by atoms with Crippen LogP contribution in [0.25, 0.3) is 0 Å². The van der Waals surface area contributed by atoms with E-state index in [0.29, 0.717) is 12.8 Å². The van der Waals surface area contributed by atoms with Gasteiger partial charge < -0.3 is 24.6 Å². The second kappa shape index (κ2) is 46.7. The number of carbonyl (C=O) groups excluding carboxylic acids is 2. The Balaban J connectivity index is 4.15. The molecule has 0 heterocycles. The number of phosphoric ester groups is 1. The van der Waals surface area contributed by atoms with E-state index in [1.165, 1.54) is 180 Å². The SMILES string of the molecule is CCCCCCCCC/C=C\CCCCCCCCCC(=O)OC(COC(=O)CCCCCCCCCCCCCCCCCCCCCC)COP(=O)(O)OCC(O)CO. The van der Waals surface area contributed by atoms with Crippen molar-refractivity contribution >= 4 is 19.8 Å². The zero-order chi connectivity index (χ0) is 44.8. The Labute approximate surface area is 375 Å². The van der Waals surface area contributed by atoms with Gasteiger partial charge in [0.1, 0.15) is 12.7 Å². The molecule has 0 saturated carbocycles. The van der Waals surface area contributed by atoms with Crippen molar-refractivity contribution in [3.05, 3.63) is 12.2 Å². The average Bonchev–Trinajstić information content (AvgIpc) is 3.25. The van der Waals surface area contributed by atoms with E-state index in [9.17, 15) is 24.2 Å². The number of hydrogen-bond acceptors (Lipinski definition) is 9. The van der Waals surface area contributed by atoms with Gasteiger partial charge in [0, 0.05) is 12.8 Å². The van der Waals surface area contributed by atoms with Crippen molar-refractivity contribution in [3.8, 4) is 0 Å². The van der Waals surface area contributed by atoms with Crippen LogP contribution in [0.2, 0.25) is 0 Å². The highest BCUT2D eigenvalue weighted by Gasteiger charge is 2.27. The van der Waals surface area contributed by atoms with E-state index in [2.05, 4.69) is 26.0 Å². The predicted molar refractivity (Wildman–Crippen MR) is 252 cm³/mol. The molecule has 0 bridgehead atoms. The molecule has 0 saturated heterocycles. The van der Waals surface area contributed by atoms with E-state index in [1.54, 1.807) is 0 Å². The smallest absolute Gasteiger partial charge is 0.462 e. The molecule has 0 aromatic rings. The molecule has 0 amide bonds. The molecule has 362 valence electrons. The molecule has 0 rings (SSSR count). The number of unbranched alkanes of at least 4 members (excludes halogenated alkanes) is 33. The topological polar surface area (TPSA) is 149 Å². The minimum atomic E-state index is -4.62. The summed E-state index contributed by atoms with van der Waals surface area (Å²) in [7, 11) is -4.62. The minimum Gasteiger partial charge on any atom is -0.462 e. The molecule has 0 aromatic carbocycles. The van der Waals surface area contributed by atoms with Crippen LogP contribution in [0, 0.1) is 0 Å². The zero-order valence-electron chi connectivity index (χ0n) is 39.7. The van der Waals surface area contributed by atoms with Gasteiger partial charge in [-0.15, -0.1) is 0 Å². The maximum atomic E-state index is 12.7. The number of carbonyl (C=O) groups is 2. The van der Waals surface area contributed by atoms with Gasteiger partial charge in [-0.3, -0.25) is 18.6 Å². The van der Waals surface area contributed by atoms with Gasteiger partial charge in [0.2, 0.25) is 0 Å². The monoisotopic (exact) mass is 889 g/mol. The summed E-state index contributed by atoms with van der Waals surface area (Å²) in [5.74, 6) is -0.913. The van der Waals surface area contributed by atoms with Gasteiger partial charge in [0.25, 0.3) is 0 Å². The minimum absolute atomic E-state index is 0.184. The van der Waals surface area contributed by atoms with Crippen LogP contribution in [-0.2, 0) is 32.7 Å². The quantitative estimate of drug-likeness (QED) is 0.0233. The number of ether oxygens (including phenoxy) is 2. The molecule has 3 N–H and O–H groups in total. The van der Waals surface area contributed by atoms with Crippen LogP contribution in [0.3, 0.4) is 0 Å². The van der Waals surface area contributed by atoms with E-state index in [4.69, 9.17) is 23.6 Å². The Hall–Kier alpha value is -1.29. The molecule has 3 unspecified atom stereocenters. The highest BCUT2D eigenvalue weighted by atomic mass is 31.2. The van der Waals surface area contributed by atoms with Crippen LogP contribution >= 0.6 is 7.82 Å². The van der Waals surface area contributed by atoms with Crippen molar-refractivity contribution in [2.24, 2.45) is 0 Å². The fourth-order valence-electron chi connectivity index (χ4n) is 7.46. The van der Waals surface area contributed by atoms with Gasteiger partial charge in [-0.25, -0.2) is 4.57 Å². The number of esters is 2. The normalized spacial score (nSPS) is 13.7. The summed E-state index contributed by atoms with van der Waals surface area (Å²) in [5, 5.41) is 18.4. The van der Waals surface area contributed by atoms with Crippen LogP contribution in [-0.4, -0.2) is 65.7 Å². The van der Waals surface area contributed by atoms with Gasteiger partial charge >= 0.3 is 19.8 Å². The highest BCUT2D eigenvalue weighted by Crippen LogP contribution is 2.43. The second-order valence-corrected chi connectivity index (χ2v) is 19.0. The van der Waals surface area contributed by atoms with Crippen molar-refractivity contribution in [2.45, 2.75) is 270 Å². The third-order valence-corrected chi connectivity index (χ3v) is 12.4. The molecular formula is C50H97O10P. The molecule has 0 fully saturated rings. The summed E-state index contributed by atoms with van der Waals surface area (Å²) in [4.78, 5) is 35.2. The van der Waals surface area contributed by atoms with Crippen LogP contribution < -0.4 is 0 Å². The molecule has 0 aromatic heterocycles. The lowest BCUT2D eigenvalue weighted by Gasteiger charge is -2.20. The van der Waals surface area contributed by atoms with Crippen molar-refractivity contribution in [1.29, 1.82) is 0 Å². The van der Waals surface area contributed by atoms with E-state index in [1.807, 2.05) is 0 Å². The van der Waals surface area contributed by atoms with Gasteiger partial charge in [0.05, 0.1) is 19.8 Å². The first kappa shape index (κ1) is 59.7. The third kappa shape index (κ3) is 46.5. The van der Waals surface area contributed by atoms with E-state index in [0.717, 1.165) is 38.5 Å². The number of aliphatic hydroxyl groups excluding tert-OH is 2. The Morgan fingerprint density at radius 3 is 1.18 bits per heavy atom. The number of aliphatic hydroxyl groups is 2. The molecule has 10 nitrogen and oxygen atoms in total. The fourth-order valence-corrected chi connectivity index (χ4v) is 8.25. The lowest BCUT2D eigenvalue weighted by atomic mass is 10.0. The van der Waals surface area contributed by atoms with Crippen LogP contribution in [0.15, 0.2) is 12.2 Å². The standard InChI is InChI=1S/C50H97O10P/c1-3-5-7-9-11-13-15-17-19-21-23-24-26-27-29-31-33-35-37-39-41-49(53)57-45-48(46-59-61(55,56)58-44-47(52)43-51)60-50(54)42-40-38-36-34-32-30-28-25-22-20-18-16-14-12-10-8-6-4-2/h20,22,47-48,51-52H,3-19,21,23-46H2,1-2H3,(H,55,56)/b22-20-. The summed E-state index contributed by atoms with van der Waals surface area (Å²) >= 11 is 0. The van der Waals surface area contributed by atoms with Crippen molar-refractivity contribution < 1.29 is 47.8 Å². The van der Waals surface area contributed by atoms with Gasteiger partial charge in [-0.2, -0.15) is 0 Å². The molecule has 0 radical (unpaired) electrons. The maximum Gasteiger partial charge on any atom is 0.472 e. The van der Waals surface area contributed by atoms with Crippen LogP contribution in [0.1, 0.15) is 258 Å². The summed E-state index contributed by atoms with van der Waals surface area (Å²) in [5.41, 5.74) is 0. The van der Waals surface area contributed by atoms with E-state index >= 15 is 0 Å². The lowest BCUT2D eigenvalue weighted by Crippen LogP contribution is -2.29. The Morgan fingerprint density at radius 2 is 0.803 bits per heavy atom. The Bertz CT molecular complexity index is 1020. The molecule has 0 aliphatic rings. The van der Waals surface area contributed by atoms with Crippen LogP contribution in [0.4, 0.5) is 0 Å². The van der Waals surface area contributed by atoms with E-state index in [-0.39, 0.29) is 19.4 Å². The van der Waals surface area contributed by atoms with Gasteiger partial charge in [-0.05, 0) is 38.5 Å². The van der Waals surface area contributed by atoms with Crippen molar-refractivity contribution in [2.75, 3.05) is 26.4 Å². The summed E-state index contributed by atoms with van der Waals surface area (Å²) < 4.78 is 32.9. The van der Waals surface area contributed by atoms with Gasteiger partial charge in [0.15, 0.2) is 6.10 Å². The molecule has 61 heavy (non-hydrogen) atoms. The van der Waals surface area contributed by atoms with E-state index < -0.39 is 51.8 Å². The molecule has 0 aliphatic carbocycles. The van der Waals surface area contributed by atoms with Gasteiger partial charge in [-0.1, -0.05) is 219 Å². The van der Waals surface area contributed by atoms with Crippen molar-refractivity contribution in [3.63, 3.8) is 0 Å². The number of rotatable bonds is 49. The first-order valence-electron chi connectivity index (χ1n) is 25.6. The molecule has 0 aliphatic heterocycles. The number of phosphoric acid groups is 1. The molecule has 3 atom stereocenters. The number of allylic oxidation sites excluding steroid dienone is 2.